The van der Waals surface area contributed by atoms with E-state index < -0.39 is 5.63 Å². The van der Waals surface area contributed by atoms with Gasteiger partial charge in [-0.15, -0.1) is 0 Å². The summed E-state index contributed by atoms with van der Waals surface area (Å²) in [5, 5.41) is 3.98. The topological polar surface area (TPSA) is 101 Å². The minimum absolute atomic E-state index is 0.221. The standard InChI is InChI=1S/C21H19N5O3S/c1-13-17-8-7-16(28-21-23-9-4-10-24-21)12-18(17)29-20(27)19(13)25-14-5-3-6-15(11-14)26-30-22-2/h3-12,22,25-26H,1-2H3. The van der Waals surface area contributed by atoms with Gasteiger partial charge in [-0.2, -0.15) is 0 Å². The van der Waals surface area contributed by atoms with E-state index in [1.807, 2.05) is 44.3 Å². The number of rotatable bonds is 7. The fraction of sp³-hybridized carbons (Fsp3) is 0.0952. The molecule has 0 amide bonds. The van der Waals surface area contributed by atoms with Crippen molar-refractivity contribution < 1.29 is 9.15 Å². The Morgan fingerprint density at radius 3 is 2.63 bits per heavy atom. The van der Waals surface area contributed by atoms with Gasteiger partial charge in [-0.25, -0.2) is 19.5 Å². The van der Waals surface area contributed by atoms with E-state index in [2.05, 4.69) is 24.7 Å². The third-order valence-corrected chi connectivity index (χ3v) is 4.83. The van der Waals surface area contributed by atoms with Crippen molar-refractivity contribution in [2.45, 2.75) is 6.92 Å². The molecule has 0 spiro atoms. The number of nitrogens with one attached hydrogen (secondary N) is 3. The second-order valence-corrected chi connectivity index (χ2v) is 7.11. The summed E-state index contributed by atoms with van der Waals surface area (Å²) in [6.45, 7) is 1.88. The van der Waals surface area contributed by atoms with E-state index in [1.165, 1.54) is 12.1 Å². The molecule has 0 radical (unpaired) electrons. The summed E-state index contributed by atoms with van der Waals surface area (Å²) in [5.41, 5.74) is 2.81. The number of anilines is 3. The van der Waals surface area contributed by atoms with E-state index in [-0.39, 0.29) is 6.01 Å². The molecule has 4 rings (SSSR count). The van der Waals surface area contributed by atoms with Gasteiger partial charge in [0, 0.05) is 47.4 Å². The molecular weight excluding hydrogens is 402 g/mol. The fourth-order valence-corrected chi connectivity index (χ4v) is 3.25. The second-order valence-electron chi connectivity index (χ2n) is 6.29. The summed E-state index contributed by atoms with van der Waals surface area (Å²) < 4.78 is 17.3. The normalized spacial score (nSPS) is 10.7. The summed E-state index contributed by atoms with van der Waals surface area (Å²) in [4.78, 5) is 20.7. The van der Waals surface area contributed by atoms with Crippen LogP contribution in [0.25, 0.3) is 11.0 Å². The molecule has 0 saturated carbocycles. The number of aromatic nitrogens is 2. The van der Waals surface area contributed by atoms with Crippen molar-refractivity contribution in [3.8, 4) is 11.8 Å². The molecule has 8 nitrogen and oxygen atoms in total. The van der Waals surface area contributed by atoms with Crippen molar-refractivity contribution in [2.24, 2.45) is 0 Å². The minimum atomic E-state index is -0.462. The molecule has 0 aliphatic rings. The van der Waals surface area contributed by atoms with Gasteiger partial charge < -0.3 is 19.2 Å². The highest BCUT2D eigenvalue weighted by Crippen LogP contribution is 2.29. The smallest absolute Gasteiger partial charge is 0.360 e. The Kier molecular flexibility index (Phi) is 5.82. The van der Waals surface area contributed by atoms with Crippen molar-refractivity contribution in [3.63, 3.8) is 0 Å². The maximum absolute atomic E-state index is 12.7. The Bertz CT molecular complexity index is 1230. The molecule has 2 aromatic carbocycles. The largest absolute Gasteiger partial charge is 0.424 e. The Morgan fingerprint density at radius 1 is 1.03 bits per heavy atom. The van der Waals surface area contributed by atoms with Gasteiger partial charge >= 0.3 is 11.6 Å². The van der Waals surface area contributed by atoms with Gasteiger partial charge in [-0.05, 0) is 55.9 Å². The molecule has 0 atom stereocenters. The summed E-state index contributed by atoms with van der Waals surface area (Å²) in [6, 6.07) is 14.8. The van der Waals surface area contributed by atoms with Crippen molar-refractivity contribution in [2.75, 3.05) is 17.1 Å². The highest BCUT2D eigenvalue weighted by atomic mass is 32.2. The Morgan fingerprint density at radius 2 is 1.83 bits per heavy atom. The van der Waals surface area contributed by atoms with Crippen LogP contribution < -0.4 is 25.1 Å². The SMILES string of the molecule is CNSNc1cccc(Nc2c(C)c3ccc(Oc4ncccn4)cc3oc2=O)c1. The summed E-state index contributed by atoms with van der Waals surface area (Å²) in [6.07, 6.45) is 3.18. The number of fused-ring (bicyclic) bond motifs is 1. The first-order valence-electron chi connectivity index (χ1n) is 9.12. The van der Waals surface area contributed by atoms with Crippen LogP contribution in [0.1, 0.15) is 5.56 Å². The summed E-state index contributed by atoms with van der Waals surface area (Å²) in [5.74, 6) is 0.484. The average Bonchev–Trinajstić information content (AvgIpc) is 2.76. The lowest BCUT2D eigenvalue weighted by atomic mass is 10.1. The molecule has 0 aliphatic carbocycles. The van der Waals surface area contributed by atoms with Crippen LogP contribution in [0.5, 0.6) is 11.8 Å². The third kappa shape index (κ3) is 4.37. The number of hydrogen-bond donors (Lipinski definition) is 3. The molecule has 9 heteroatoms. The zero-order valence-electron chi connectivity index (χ0n) is 16.3. The van der Waals surface area contributed by atoms with Crippen molar-refractivity contribution in [1.82, 2.24) is 14.7 Å². The summed E-state index contributed by atoms with van der Waals surface area (Å²) >= 11 is 1.36. The highest BCUT2D eigenvalue weighted by Gasteiger charge is 2.13. The zero-order valence-corrected chi connectivity index (χ0v) is 17.1. The molecule has 0 unspecified atom stereocenters. The Balaban J connectivity index is 1.64. The van der Waals surface area contributed by atoms with Gasteiger partial charge in [-0.3, -0.25) is 0 Å². The first-order chi connectivity index (χ1) is 14.6. The third-order valence-electron chi connectivity index (χ3n) is 4.29. The van der Waals surface area contributed by atoms with Gasteiger partial charge in [0.25, 0.3) is 0 Å². The number of hydrogen-bond acceptors (Lipinski definition) is 9. The molecule has 3 N–H and O–H groups in total. The fourth-order valence-electron chi connectivity index (χ4n) is 2.90. The van der Waals surface area contributed by atoms with E-state index in [0.29, 0.717) is 17.0 Å². The van der Waals surface area contributed by atoms with Crippen molar-refractivity contribution in [1.29, 1.82) is 0 Å². The molecule has 0 saturated heterocycles. The van der Waals surface area contributed by atoms with Crippen LogP contribution in [0.4, 0.5) is 17.1 Å². The van der Waals surface area contributed by atoms with Gasteiger partial charge in [-0.1, -0.05) is 6.07 Å². The molecule has 0 aliphatic heterocycles. The van der Waals surface area contributed by atoms with Crippen molar-refractivity contribution >= 4 is 40.2 Å². The number of nitrogens with zero attached hydrogens (tertiary/aromatic N) is 2. The first-order valence-corrected chi connectivity index (χ1v) is 9.94. The van der Waals surface area contributed by atoms with Crippen LogP contribution in [0.3, 0.4) is 0 Å². The Hall–Kier alpha value is -3.56. The maximum atomic E-state index is 12.7. The van der Waals surface area contributed by atoms with Crippen LogP contribution in [-0.2, 0) is 0 Å². The van der Waals surface area contributed by atoms with E-state index in [1.54, 1.807) is 30.6 Å². The van der Waals surface area contributed by atoms with Gasteiger partial charge in [0.05, 0.1) is 0 Å². The van der Waals surface area contributed by atoms with Gasteiger partial charge in [0.2, 0.25) is 0 Å². The van der Waals surface area contributed by atoms with E-state index in [0.717, 1.165) is 22.3 Å². The predicted molar refractivity (Wildman–Crippen MR) is 119 cm³/mol. The summed E-state index contributed by atoms with van der Waals surface area (Å²) in [7, 11) is 1.83. The van der Waals surface area contributed by atoms with E-state index in [9.17, 15) is 4.79 Å². The average molecular weight is 421 g/mol. The zero-order chi connectivity index (χ0) is 20.9. The molecule has 0 fully saturated rings. The van der Waals surface area contributed by atoms with Crippen LogP contribution in [0.15, 0.2) is 70.1 Å². The van der Waals surface area contributed by atoms with E-state index >= 15 is 0 Å². The number of benzene rings is 2. The molecule has 2 aromatic heterocycles. The molecule has 152 valence electrons. The van der Waals surface area contributed by atoms with E-state index in [4.69, 9.17) is 9.15 Å². The predicted octanol–water partition coefficient (Wildman–Crippen LogP) is 4.62. The lowest BCUT2D eigenvalue weighted by Crippen LogP contribution is -2.09. The van der Waals surface area contributed by atoms with Crippen molar-refractivity contribution in [3.05, 3.63) is 76.9 Å². The second kappa shape index (κ2) is 8.85. The van der Waals surface area contributed by atoms with Crippen LogP contribution >= 0.6 is 12.1 Å². The van der Waals surface area contributed by atoms with Gasteiger partial charge in [0.15, 0.2) is 0 Å². The monoisotopic (exact) mass is 421 g/mol. The number of ether oxygens (including phenoxy) is 1. The molecular formula is C21H19N5O3S. The van der Waals surface area contributed by atoms with Gasteiger partial charge in [0.1, 0.15) is 17.0 Å². The molecule has 30 heavy (non-hydrogen) atoms. The van der Waals surface area contributed by atoms with Crippen LogP contribution in [0.2, 0.25) is 0 Å². The van der Waals surface area contributed by atoms with Crippen LogP contribution in [0, 0.1) is 6.92 Å². The minimum Gasteiger partial charge on any atom is -0.424 e. The lowest BCUT2D eigenvalue weighted by molar-refractivity contribution is 0.440. The highest BCUT2D eigenvalue weighted by molar-refractivity contribution is 7.98. The molecule has 4 aromatic rings. The van der Waals surface area contributed by atoms with Crippen LogP contribution in [-0.4, -0.2) is 17.0 Å². The maximum Gasteiger partial charge on any atom is 0.360 e. The number of aryl methyl sites for hydroxylation is 1. The molecule has 0 bridgehead atoms. The Labute approximate surface area is 177 Å². The lowest BCUT2D eigenvalue weighted by Gasteiger charge is -2.12. The first kappa shape index (κ1) is 19.7. The molecule has 2 heterocycles. The quantitative estimate of drug-likeness (QED) is 0.291.